The second-order valence-corrected chi connectivity index (χ2v) is 5.22. The molecule has 17 heavy (non-hydrogen) atoms. The molecule has 0 bridgehead atoms. The van der Waals surface area contributed by atoms with Crippen LogP contribution < -0.4 is 0 Å². The number of rotatable bonds is 3. The quantitative estimate of drug-likeness (QED) is 0.632. The standard InChI is InChI=1S/C12H11BrN2O2/c13-11-9(3-1-4-10(11)15(16)17)7-12(8-14)5-2-6-12/h1,3-4H,2,5-7H2. The molecule has 1 aliphatic carbocycles. The van der Waals surface area contributed by atoms with Gasteiger partial charge in [0.25, 0.3) is 5.69 Å². The van der Waals surface area contributed by atoms with Gasteiger partial charge in [0.05, 0.1) is 20.9 Å². The van der Waals surface area contributed by atoms with Gasteiger partial charge in [-0.1, -0.05) is 18.6 Å². The summed E-state index contributed by atoms with van der Waals surface area (Å²) in [6.07, 6.45) is 3.43. The fourth-order valence-corrected chi connectivity index (χ4v) is 2.69. The van der Waals surface area contributed by atoms with E-state index < -0.39 is 4.92 Å². The summed E-state index contributed by atoms with van der Waals surface area (Å²) in [5.41, 5.74) is 0.605. The minimum atomic E-state index is -0.409. The van der Waals surface area contributed by atoms with Gasteiger partial charge in [-0.3, -0.25) is 10.1 Å². The zero-order valence-electron chi connectivity index (χ0n) is 9.15. The van der Waals surface area contributed by atoms with Gasteiger partial charge in [0.1, 0.15) is 0 Å². The van der Waals surface area contributed by atoms with E-state index in [9.17, 15) is 10.1 Å². The minimum Gasteiger partial charge on any atom is -0.258 e. The maximum absolute atomic E-state index is 10.8. The molecule has 0 aliphatic heterocycles. The summed E-state index contributed by atoms with van der Waals surface area (Å²) < 4.78 is 0.506. The van der Waals surface area contributed by atoms with E-state index in [4.69, 9.17) is 5.26 Å². The van der Waals surface area contributed by atoms with Crippen LogP contribution in [0.4, 0.5) is 5.69 Å². The molecule has 0 unspecified atom stereocenters. The largest absolute Gasteiger partial charge is 0.283 e. The lowest BCUT2D eigenvalue weighted by atomic mass is 9.66. The molecule has 0 amide bonds. The first-order chi connectivity index (χ1) is 8.08. The molecule has 0 atom stereocenters. The van der Waals surface area contributed by atoms with E-state index in [0.717, 1.165) is 24.8 Å². The molecule has 0 heterocycles. The number of hydrogen-bond acceptors (Lipinski definition) is 3. The zero-order valence-corrected chi connectivity index (χ0v) is 10.7. The van der Waals surface area contributed by atoms with Crippen molar-refractivity contribution in [3.63, 3.8) is 0 Å². The summed E-state index contributed by atoms with van der Waals surface area (Å²) in [4.78, 5) is 10.4. The lowest BCUT2D eigenvalue weighted by Crippen LogP contribution is -2.30. The topological polar surface area (TPSA) is 66.9 Å². The monoisotopic (exact) mass is 294 g/mol. The fourth-order valence-electron chi connectivity index (χ4n) is 2.14. The predicted octanol–water partition coefficient (Wildman–Crippen LogP) is 3.59. The molecule has 2 rings (SSSR count). The Hall–Kier alpha value is -1.41. The number of hydrogen-bond donors (Lipinski definition) is 0. The van der Waals surface area contributed by atoms with Gasteiger partial charge >= 0.3 is 0 Å². The molecule has 5 heteroatoms. The molecule has 1 aromatic rings. The van der Waals surface area contributed by atoms with Gasteiger partial charge in [0.2, 0.25) is 0 Å². The van der Waals surface area contributed by atoms with Crippen molar-refractivity contribution in [2.24, 2.45) is 5.41 Å². The van der Waals surface area contributed by atoms with Crippen molar-refractivity contribution in [2.45, 2.75) is 25.7 Å². The third kappa shape index (κ3) is 2.18. The Bertz CT molecular complexity index is 504. The second-order valence-electron chi connectivity index (χ2n) is 4.43. The lowest BCUT2D eigenvalue weighted by molar-refractivity contribution is -0.385. The van der Waals surface area contributed by atoms with Crippen LogP contribution in [0.15, 0.2) is 22.7 Å². The van der Waals surface area contributed by atoms with Gasteiger partial charge in [-0.05, 0) is 40.8 Å². The summed E-state index contributed by atoms with van der Waals surface area (Å²) in [6, 6.07) is 7.32. The van der Waals surface area contributed by atoms with Crippen molar-refractivity contribution in [1.29, 1.82) is 5.26 Å². The molecule has 0 spiro atoms. The molecule has 4 nitrogen and oxygen atoms in total. The van der Waals surface area contributed by atoms with Crippen LogP contribution in [0.5, 0.6) is 0 Å². The minimum absolute atomic E-state index is 0.0647. The van der Waals surface area contributed by atoms with E-state index in [0.29, 0.717) is 10.9 Å². The van der Waals surface area contributed by atoms with Crippen molar-refractivity contribution in [1.82, 2.24) is 0 Å². The van der Waals surface area contributed by atoms with E-state index in [-0.39, 0.29) is 11.1 Å². The SMILES string of the molecule is N#CC1(Cc2cccc([N+](=O)[O-])c2Br)CCC1. The first-order valence-electron chi connectivity index (χ1n) is 5.41. The molecule has 0 saturated heterocycles. The van der Waals surface area contributed by atoms with E-state index in [1.54, 1.807) is 6.07 Å². The van der Waals surface area contributed by atoms with Crippen LogP contribution in [0.25, 0.3) is 0 Å². The molecule has 1 saturated carbocycles. The predicted molar refractivity (Wildman–Crippen MR) is 66.4 cm³/mol. The highest BCUT2D eigenvalue weighted by atomic mass is 79.9. The number of benzene rings is 1. The third-order valence-corrected chi connectivity index (χ3v) is 4.25. The molecule has 1 aliphatic rings. The zero-order chi connectivity index (χ0) is 12.5. The van der Waals surface area contributed by atoms with Gasteiger partial charge in [0.15, 0.2) is 0 Å². The van der Waals surface area contributed by atoms with E-state index >= 15 is 0 Å². The van der Waals surface area contributed by atoms with Crippen LogP contribution in [0.3, 0.4) is 0 Å². The van der Waals surface area contributed by atoms with Crippen molar-refractivity contribution < 1.29 is 4.92 Å². The number of nitro benzene ring substituents is 1. The Morgan fingerprint density at radius 2 is 2.24 bits per heavy atom. The molecule has 1 fully saturated rings. The molecular formula is C12H11BrN2O2. The average molecular weight is 295 g/mol. The Labute approximate surface area is 108 Å². The average Bonchev–Trinajstić information content (AvgIpc) is 2.25. The maximum Gasteiger partial charge on any atom is 0.283 e. The van der Waals surface area contributed by atoms with Crippen molar-refractivity contribution in [2.75, 3.05) is 0 Å². The normalized spacial score (nSPS) is 16.9. The van der Waals surface area contributed by atoms with Gasteiger partial charge in [-0.25, -0.2) is 0 Å². The highest BCUT2D eigenvalue weighted by Crippen LogP contribution is 2.44. The van der Waals surface area contributed by atoms with E-state index in [1.807, 2.05) is 6.07 Å². The molecule has 0 N–H and O–H groups in total. The maximum atomic E-state index is 10.8. The summed E-state index contributed by atoms with van der Waals surface area (Å²) in [5, 5.41) is 20.0. The first-order valence-corrected chi connectivity index (χ1v) is 6.20. The molecule has 0 aromatic heterocycles. The second kappa shape index (κ2) is 4.46. The lowest BCUT2D eigenvalue weighted by Gasteiger charge is -2.35. The van der Waals surface area contributed by atoms with Gasteiger partial charge in [-0.15, -0.1) is 0 Å². The Morgan fingerprint density at radius 3 is 2.71 bits per heavy atom. The van der Waals surface area contributed by atoms with Crippen LogP contribution in [0, 0.1) is 26.9 Å². The van der Waals surface area contributed by atoms with Crippen LogP contribution in [-0.4, -0.2) is 4.92 Å². The summed E-state index contributed by atoms with van der Waals surface area (Å²) in [6.45, 7) is 0. The number of nitro groups is 1. The number of nitrogens with zero attached hydrogens (tertiary/aromatic N) is 2. The Kier molecular flexibility index (Phi) is 3.16. The molecule has 0 radical (unpaired) electrons. The Balaban J connectivity index is 2.31. The summed E-state index contributed by atoms with van der Waals surface area (Å²) in [5.74, 6) is 0. The molecule has 1 aromatic carbocycles. The third-order valence-electron chi connectivity index (χ3n) is 3.33. The van der Waals surface area contributed by atoms with Crippen molar-refractivity contribution in [3.8, 4) is 6.07 Å². The fraction of sp³-hybridized carbons (Fsp3) is 0.417. The van der Waals surface area contributed by atoms with Gasteiger partial charge in [0, 0.05) is 6.07 Å². The van der Waals surface area contributed by atoms with Crippen molar-refractivity contribution >= 4 is 21.6 Å². The summed E-state index contributed by atoms with van der Waals surface area (Å²) in [7, 11) is 0. The van der Waals surface area contributed by atoms with Crippen LogP contribution in [0.2, 0.25) is 0 Å². The smallest absolute Gasteiger partial charge is 0.258 e. The van der Waals surface area contributed by atoms with E-state index in [2.05, 4.69) is 22.0 Å². The van der Waals surface area contributed by atoms with Gasteiger partial charge < -0.3 is 0 Å². The van der Waals surface area contributed by atoms with Crippen LogP contribution in [-0.2, 0) is 6.42 Å². The Morgan fingerprint density at radius 1 is 1.53 bits per heavy atom. The molecular weight excluding hydrogens is 284 g/mol. The molecule has 88 valence electrons. The van der Waals surface area contributed by atoms with Gasteiger partial charge in [-0.2, -0.15) is 5.26 Å². The van der Waals surface area contributed by atoms with Crippen LogP contribution >= 0.6 is 15.9 Å². The first kappa shape index (κ1) is 12.1. The highest BCUT2D eigenvalue weighted by Gasteiger charge is 2.38. The van der Waals surface area contributed by atoms with Crippen molar-refractivity contribution in [3.05, 3.63) is 38.3 Å². The highest BCUT2D eigenvalue weighted by molar-refractivity contribution is 9.10. The van der Waals surface area contributed by atoms with Crippen LogP contribution in [0.1, 0.15) is 24.8 Å². The summed E-state index contributed by atoms with van der Waals surface area (Å²) >= 11 is 3.27. The number of halogens is 1. The number of nitriles is 1. The van der Waals surface area contributed by atoms with E-state index in [1.165, 1.54) is 6.07 Å².